The Morgan fingerprint density at radius 2 is 1.86 bits per heavy atom. The van der Waals surface area contributed by atoms with E-state index in [1.807, 2.05) is 6.07 Å². The Morgan fingerprint density at radius 3 is 2.68 bits per heavy atom. The molecule has 22 heavy (non-hydrogen) atoms. The minimum Gasteiger partial charge on any atom is -0.490 e. The summed E-state index contributed by atoms with van der Waals surface area (Å²) in [5.41, 5.74) is 1.27. The van der Waals surface area contributed by atoms with Gasteiger partial charge in [0.05, 0.1) is 6.61 Å². The zero-order valence-corrected chi connectivity index (χ0v) is 13.9. The summed E-state index contributed by atoms with van der Waals surface area (Å²) in [7, 11) is 0. The van der Waals surface area contributed by atoms with Crippen LogP contribution in [-0.4, -0.2) is 19.3 Å². The zero-order chi connectivity index (χ0) is 15.5. The number of rotatable bonds is 12. The van der Waals surface area contributed by atoms with Gasteiger partial charge >= 0.3 is 0 Å². The van der Waals surface area contributed by atoms with E-state index in [4.69, 9.17) is 9.47 Å². The predicted molar refractivity (Wildman–Crippen MR) is 92.5 cm³/mol. The van der Waals surface area contributed by atoms with E-state index in [0.717, 1.165) is 18.8 Å². The van der Waals surface area contributed by atoms with Gasteiger partial charge in [0.15, 0.2) is 0 Å². The van der Waals surface area contributed by atoms with Crippen molar-refractivity contribution in [3.05, 3.63) is 42.0 Å². The van der Waals surface area contributed by atoms with Gasteiger partial charge in [0.1, 0.15) is 18.5 Å². The van der Waals surface area contributed by atoms with Crippen molar-refractivity contribution in [2.75, 3.05) is 13.2 Å². The summed E-state index contributed by atoms with van der Waals surface area (Å²) in [5, 5.41) is 0. The summed E-state index contributed by atoms with van der Waals surface area (Å²) in [6.45, 7) is 3.79. The van der Waals surface area contributed by atoms with E-state index in [0.29, 0.717) is 12.7 Å². The molecule has 122 valence electrons. The average molecular weight is 302 g/mol. The Kier molecular flexibility index (Phi) is 8.11. The molecule has 0 bridgehead atoms. The second-order valence-electron chi connectivity index (χ2n) is 6.11. The van der Waals surface area contributed by atoms with Gasteiger partial charge in [-0.1, -0.05) is 69.4 Å². The summed E-state index contributed by atoms with van der Waals surface area (Å²) >= 11 is 0. The molecule has 0 radical (unpaired) electrons. The first-order chi connectivity index (χ1) is 10.9. The number of para-hydroxylation sites is 1. The number of epoxide rings is 1. The first-order valence-electron chi connectivity index (χ1n) is 8.87. The van der Waals surface area contributed by atoms with Gasteiger partial charge in [-0.2, -0.15) is 0 Å². The molecule has 1 aliphatic heterocycles. The Balaban J connectivity index is 1.61. The normalized spacial score (nSPS) is 17.0. The maximum Gasteiger partial charge on any atom is 0.122 e. The van der Waals surface area contributed by atoms with E-state index in [1.54, 1.807) is 0 Å². The number of hydrogen-bond donors (Lipinski definition) is 0. The van der Waals surface area contributed by atoms with Crippen LogP contribution in [0.5, 0.6) is 5.75 Å². The summed E-state index contributed by atoms with van der Waals surface area (Å²) in [4.78, 5) is 0. The topological polar surface area (TPSA) is 21.8 Å². The molecule has 0 spiro atoms. The lowest BCUT2D eigenvalue weighted by Crippen LogP contribution is -2.05. The number of allylic oxidation sites excluding steroid dienone is 2. The number of unbranched alkanes of at least 4 members (excludes halogenated alkanes) is 6. The average Bonchev–Trinajstić information content (AvgIpc) is 3.36. The van der Waals surface area contributed by atoms with E-state index >= 15 is 0 Å². The molecule has 2 rings (SSSR count). The molecule has 1 aromatic carbocycles. The molecule has 0 aromatic heterocycles. The van der Waals surface area contributed by atoms with Crippen LogP contribution in [0.4, 0.5) is 0 Å². The van der Waals surface area contributed by atoms with Crippen molar-refractivity contribution < 1.29 is 9.47 Å². The highest BCUT2D eigenvalue weighted by molar-refractivity contribution is 5.34. The van der Waals surface area contributed by atoms with E-state index in [1.165, 1.54) is 50.5 Å². The van der Waals surface area contributed by atoms with Crippen LogP contribution in [0.2, 0.25) is 0 Å². The van der Waals surface area contributed by atoms with E-state index in [-0.39, 0.29) is 0 Å². The maximum absolute atomic E-state index is 5.84. The van der Waals surface area contributed by atoms with Crippen molar-refractivity contribution in [2.45, 2.75) is 64.4 Å². The lowest BCUT2D eigenvalue weighted by atomic mass is 10.1. The van der Waals surface area contributed by atoms with Crippen molar-refractivity contribution in [1.82, 2.24) is 0 Å². The number of benzene rings is 1. The van der Waals surface area contributed by atoms with Gasteiger partial charge in [-0.05, 0) is 30.9 Å². The molecular weight excluding hydrogens is 272 g/mol. The summed E-state index contributed by atoms with van der Waals surface area (Å²) < 4.78 is 11.0. The first kappa shape index (κ1) is 17.1. The molecular formula is C20H30O2. The smallest absolute Gasteiger partial charge is 0.122 e. The van der Waals surface area contributed by atoms with Crippen LogP contribution in [0.3, 0.4) is 0 Å². The molecule has 1 unspecified atom stereocenters. The Bertz CT molecular complexity index is 435. The second-order valence-corrected chi connectivity index (χ2v) is 6.11. The molecule has 0 N–H and O–H groups in total. The summed E-state index contributed by atoms with van der Waals surface area (Å²) in [5.74, 6) is 1.00. The van der Waals surface area contributed by atoms with Crippen LogP contribution in [0, 0.1) is 0 Å². The quantitative estimate of drug-likeness (QED) is 0.296. The SMILES string of the molecule is CCCCCCCC/C=C/Cc1ccccc1OCC1CO1. The van der Waals surface area contributed by atoms with Gasteiger partial charge in [-0.15, -0.1) is 0 Å². The van der Waals surface area contributed by atoms with Gasteiger partial charge < -0.3 is 9.47 Å². The Morgan fingerprint density at radius 1 is 1.09 bits per heavy atom. The van der Waals surface area contributed by atoms with Gasteiger partial charge in [0.25, 0.3) is 0 Å². The third kappa shape index (κ3) is 7.13. The summed E-state index contributed by atoms with van der Waals surface area (Å²) in [6, 6.07) is 8.32. The van der Waals surface area contributed by atoms with Gasteiger partial charge in [-0.25, -0.2) is 0 Å². The van der Waals surface area contributed by atoms with Crippen LogP contribution in [-0.2, 0) is 11.2 Å². The molecule has 1 aromatic rings. The van der Waals surface area contributed by atoms with Crippen LogP contribution in [0.25, 0.3) is 0 Å². The van der Waals surface area contributed by atoms with E-state index < -0.39 is 0 Å². The molecule has 2 heteroatoms. The lowest BCUT2D eigenvalue weighted by Gasteiger charge is -2.08. The summed E-state index contributed by atoms with van der Waals surface area (Å²) in [6.07, 6.45) is 15.3. The standard InChI is InChI=1S/C20H30O2/c1-2-3-4-5-6-7-8-9-10-13-18-14-11-12-15-20(18)22-17-19-16-21-19/h9-12,14-15,19H,2-8,13,16-17H2,1H3/b10-9+. The first-order valence-corrected chi connectivity index (χ1v) is 8.87. The van der Waals surface area contributed by atoms with Crippen molar-refractivity contribution in [2.24, 2.45) is 0 Å². The predicted octanol–water partition coefficient (Wildman–Crippen LogP) is 5.31. The van der Waals surface area contributed by atoms with Crippen molar-refractivity contribution in [3.8, 4) is 5.75 Å². The van der Waals surface area contributed by atoms with Gasteiger partial charge in [0.2, 0.25) is 0 Å². The maximum atomic E-state index is 5.84. The Hall–Kier alpha value is -1.28. The Labute approximate surface area is 135 Å². The van der Waals surface area contributed by atoms with E-state index in [2.05, 4.69) is 37.3 Å². The largest absolute Gasteiger partial charge is 0.490 e. The highest BCUT2D eigenvalue weighted by Gasteiger charge is 2.23. The molecule has 2 nitrogen and oxygen atoms in total. The fraction of sp³-hybridized carbons (Fsp3) is 0.600. The lowest BCUT2D eigenvalue weighted by molar-refractivity contribution is 0.261. The molecule has 0 aliphatic carbocycles. The third-order valence-electron chi connectivity index (χ3n) is 4.03. The van der Waals surface area contributed by atoms with E-state index in [9.17, 15) is 0 Å². The third-order valence-corrected chi connectivity index (χ3v) is 4.03. The molecule has 1 aliphatic rings. The second kappa shape index (κ2) is 10.4. The van der Waals surface area contributed by atoms with Crippen molar-refractivity contribution in [1.29, 1.82) is 0 Å². The minimum atomic E-state index is 0.316. The molecule has 1 heterocycles. The highest BCUT2D eigenvalue weighted by atomic mass is 16.6. The van der Waals surface area contributed by atoms with Gasteiger partial charge in [0, 0.05) is 0 Å². The van der Waals surface area contributed by atoms with Crippen molar-refractivity contribution in [3.63, 3.8) is 0 Å². The number of ether oxygens (including phenoxy) is 2. The fourth-order valence-electron chi connectivity index (χ4n) is 2.53. The molecule has 0 saturated carbocycles. The minimum absolute atomic E-state index is 0.316. The van der Waals surface area contributed by atoms with Crippen LogP contribution < -0.4 is 4.74 Å². The molecule has 0 amide bonds. The van der Waals surface area contributed by atoms with Crippen LogP contribution in [0.1, 0.15) is 57.4 Å². The van der Waals surface area contributed by atoms with Crippen LogP contribution >= 0.6 is 0 Å². The van der Waals surface area contributed by atoms with Crippen LogP contribution in [0.15, 0.2) is 36.4 Å². The molecule has 1 fully saturated rings. The molecule has 1 atom stereocenters. The highest BCUT2D eigenvalue weighted by Crippen LogP contribution is 2.21. The zero-order valence-electron chi connectivity index (χ0n) is 13.9. The monoisotopic (exact) mass is 302 g/mol. The molecule has 1 saturated heterocycles. The number of hydrogen-bond acceptors (Lipinski definition) is 2. The fourth-order valence-corrected chi connectivity index (χ4v) is 2.53. The van der Waals surface area contributed by atoms with Gasteiger partial charge in [-0.3, -0.25) is 0 Å². The van der Waals surface area contributed by atoms with Crippen molar-refractivity contribution >= 4 is 0 Å².